The Balaban J connectivity index is 2.04. The van der Waals surface area contributed by atoms with Crippen molar-refractivity contribution >= 4 is 17.7 Å². The molecule has 0 unspecified atom stereocenters. The molecule has 100 valence electrons. The molecule has 4 heteroatoms. The van der Waals surface area contributed by atoms with Gasteiger partial charge in [-0.25, -0.2) is 9.59 Å². The van der Waals surface area contributed by atoms with Crippen LogP contribution in [0.4, 0.5) is 0 Å². The maximum atomic E-state index is 12.4. The molecular weight excluding hydrogens is 268 g/mol. The highest BCUT2D eigenvalue weighted by Crippen LogP contribution is 2.22. The summed E-state index contributed by atoms with van der Waals surface area (Å²) in [5.41, 5.74) is 1.60. The van der Waals surface area contributed by atoms with E-state index in [2.05, 4.69) is 10.7 Å². The van der Waals surface area contributed by atoms with E-state index in [0.29, 0.717) is 16.7 Å². The lowest BCUT2D eigenvalue weighted by Gasteiger charge is -2.03. The van der Waals surface area contributed by atoms with Gasteiger partial charge in [-0.2, -0.15) is 0 Å². The fourth-order valence-corrected chi connectivity index (χ4v) is 2.14. The van der Waals surface area contributed by atoms with Crippen LogP contribution in [0, 0.1) is 12.3 Å². The van der Waals surface area contributed by atoms with Crippen molar-refractivity contribution in [3.05, 3.63) is 70.3 Å². The molecule has 21 heavy (non-hydrogen) atoms. The molecule has 0 saturated heterocycles. The van der Waals surface area contributed by atoms with Crippen molar-refractivity contribution in [2.45, 2.75) is 0 Å². The van der Waals surface area contributed by atoms with E-state index < -0.39 is 11.9 Å². The molecule has 0 aromatic heterocycles. The Bertz CT molecular complexity index is 840. The van der Waals surface area contributed by atoms with Crippen LogP contribution in [-0.2, 0) is 4.74 Å². The lowest BCUT2D eigenvalue weighted by molar-refractivity contribution is 0.0443. The number of carbonyl (C=O) groups is 3. The van der Waals surface area contributed by atoms with E-state index in [9.17, 15) is 14.4 Å². The Hall–Kier alpha value is -3.19. The van der Waals surface area contributed by atoms with Gasteiger partial charge in [0, 0.05) is 16.7 Å². The molecule has 3 rings (SSSR count). The number of hydrogen-bond donors (Lipinski definition) is 0. The van der Waals surface area contributed by atoms with Gasteiger partial charge in [-0.05, 0) is 24.3 Å². The highest BCUT2D eigenvalue weighted by molar-refractivity contribution is 6.17. The molecule has 1 aliphatic heterocycles. The average molecular weight is 276 g/mol. The lowest BCUT2D eigenvalue weighted by atomic mass is 9.98. The molecule has 0 atom stereocenters. The normalized spacial score (nSPS) is 12.5. The monoisotopic (exact) mass is 276 g/mol. The van der Waals surface area contributed by atoms with Gasteiger partial charge >= 0.3 is 11.9 Å². The van der Waals surface area contributed by atoms with Crippen LogP contribution in [0.2, 0.25) is 0 Å². The number of hydrogen-bond acceptors (Lipinski definition) is 4. The van der Waals surface area contributed by atoms with E-state index in [-0.39, 0.29) is 16.9 Å². The molecule has 1 aliphatic rings. The third-order valence-electron chi connectivity index (χ3n) is 3.20. The molecule has 0 spiro atoms. The van der Waals surface area contributed by atoms with Crippen molar-refractivity contribution in [1.82, 2.24) is 0 Å². The van der Waals surface area contributed by atoms with Crippen LogP contribution >= 0.6 is 0 Å². The van der Waals surface area contributed by atoms with Crippen molar-refractivity contribution in [3.63, 3.8) is 0 Å². The quantitative estimate of drug-likeness (QED) is 0.365. The molecular formula is C17H8O4. The zero-order valence-electron chi connectivity index (χ0n) is 10.8. The number of fused-ring (bicyclic) bond motifs is 1. The van der Waals surface area contributed by atoms with Gasteiger partial charge in [0.1, 0.15) is 0 Å². The number of ketones is 1. The van der Waals surface area contributed by atoms with Gasteiger partial charge in [-0.15, -0.1) is 6.42 Å². The largest absolute Gasteiger partial charge is 0.386 e. The Kier molecular flexibility index (Phi) is 2.89. The van der Waals surface area contributed by atoms with E-state index >= 15 is 0 Å². The van der Waals surface area contributed by atoms with Crippen LogP contribution in [0.15, 0.2) is 42.5 Å². The predicted molar refractivity (Wildman–Crippen MR) is 74.0 cm³/mol. The standard InChI is InChI=1S/C17H8O4/c1-2-10-4-3-5-11(8-10)15(18)12-6-7-13-14(9-12)17(20)21-16(13)19/h1,3-9H. The van der Waals surface area contributed by atoms with Gasteiger partial charge in [0.2, 0.25) is 0 Å². The minimum absolute atomic E-state index is 0.110. The fourth-order valence-electron chi connectivity index (χ4n) is 2.14. The molecule has 0 radical (unpaired) electrons. The maximum Gasteiger partial charge on any atom is 0.346 e. The van der Waals surface area contributed by atoms with Gasteiger partial charge < -0.3 is 4.74 Å². The number of carbonyl (C=O) groups excluding carboxylic acids is 3. The summed E-state index contributed by atoms with van der Waals surface area (Å²) in [6, 6.07) is 10.9. The Morgan fingerprint density at radius 2 is 1.67 bits per heavy atom. The summed E-state index contributed by atoms with van der Waals surface area (Å²) in [6.07, 6.45) is 5.30. The zero-order chi connectivity index (χ0) is 15.0. The van der Waals surface area contributed by atoms with E-state index in [1.54, 1.807) is 24.3 Å². The summed E-state index contributed by atoms with van der Waals surface area (Å²) >= 11 is 0. The van der Waals surface area contributed by atoms with E-state index in [0.717, 1.165) is 0 Å². The molecule has 2 aromatic rings. The summed E-state index contributed by atoms with van der Waals surface area (Å²) in [7, 11) is 0. The van der Waals surface area contributed by atoms with Crippen LogP contribution in [-0.4, -0.2) is 17.7 Å². The van der Waals surface area contributed by atoms with Crippen molar-refractivity contribution < 1.29 is 19.1 Å². The van der Waals surface area contributed by atoms with Crippen molar-refractivity contribution in [2.24, 2.45) is 0 Å². The number of cyclic esters (lactones) is 2. The SMILES string of the molecule is C#Cc1cccc(C(=O)c2ccc3c(c2)C(=O)OC3=O)c1. The molecule has 0 N–H and O–H groups in total. The van der Waals surface area contributed by atoms with Crippen LogP contribution in [0.25, 0.3) is 0 Å². The first-order chi connectivity index (χ1) is 10.1. The Labute approximate surface area is 120 Å². The number of benzene rings is 2. The predicted octanol–water partition coefficient (Wildman–Crippen LogP) is 2.21. The van der Waals surface area contributed by atoms with Crippen LogP contribution in [0.5, 0.6) is 0 Å². The van der Waals surface area contributed by atoms with Crippen LogP contribution < -0.4 is 0 Å². The first kappa shape index (κ1) is 12.8. The molecule has 4 nitrogen and oxygen atoms in total. The summed E-state index contributed by atoms with van der Waals surface area (Å²) < 4.78 is 4.49. The van der Waals surface area contributed by atoms with Crippen molar-refractivity contribution in [3.8, 4) is 12.3 Å². The zero-order valence-corrected chi connectivity index (χ0v) is 10.8. The van der Waals surface area contributed by atoms with Crippen LogP contribution in [0.1, 0.15) is 42.2 Å². The summed E-state index contributed by atoms with van der Waals surface area (Å²) in [5.74, 6) is 0.756. The second-order valence-electron chi connectivity index (χ2n) is 4.49. The Morgan fingerprint density at radius 1 is 0.952 bits per heavy atom. The minimum atomic E-state index is -0.734. The summed E-state index contributed by atoms with van der Waals surface area (Å²) in [5, 5.41) is 0. The maximum absolute atomic E-state index is 12.4. The second kappa shape index (κ2) is 4.73. The Morgan fingerprint density at radius 3 is 2.43 bits per heavy atom. The number of rotatable bonds is 2. The third-order valence-corrected chi connectivity index (χ3v) is 3.20. The molecule has 0 amide bonds. The summed E-state index contributed by atoms with van der Waals surface area (Å²) in [6.45, 7) is 0. The number of esters is 2. The van der Waals surface area contributed by atoms with Gasteiger partial charge in [-0.3, -0.25) is 4.79 Å². The van der Waals surface area contributed by atoms with Crippen molar-refractivity contribution in [2.75, 3.05) is 0 Å². The molecule has 0 aliphatic carbocycles. The van der Waals surface area contributed by atoms with E-state index in [4.69, 9.17) is 6.42 Å². The van der Waals surface area contributed by atoms with E-state index in [1.807, 2.05) is 0 Å². The molecule has 2 aromatic carbocycles. The molecule has 0 fully saturated rings. The van der Waals surface area contributed by atoms with Gasteiger partial charge in [0.25, 0.3) is 0 Å². The summed E-state index contributed by atoms with van der Waals surface area (Å²) in [4.78, 5) is 35.3. The number of terminal acetylenes is 1. The van der Waals surface area contributed by atoms with Crippen LogP contribution in [0.3, 0.4) is 0 Å². The molecule has 0 saturated carbocycles. The highest BCUT2D eigenvalue weighted by Gasteiger charge is 2.30. The number of ether oxygens (including phenoxy) is 1. The first-order valence-electron chi connectivity index (χ1n) is 6.12. The smallest absolute Gasteiger partial charge is 0.346 e. The highest BCUT2D eigenvalue weighted by atomic mass is 16.6. The fraction of sp³-hybridized carbons (Fsp3) is 0. The second-order valence-corrected chi connectivity index (χ2v) is 4.49. The van der Waals surface area contributed by atoms with E-state index in [1.165, 1.54) is 18.2 Å². The van der Waals surface area contributed by atoms with Gasteiger partial charge in [0.15, 0.2) is 5.78 Å². The molecule has 1 heterocycles. The van der Waals surface area contributed by atoms with Gasteiger partial charge in [-0.1, -0.05) is 24.1 Å². The van der Waals surface area contributed by atoms with Gasteiger partial charge in [0.05, 0.1) is 11.1 Å². The third kappa shape index (κ3) is 2.11. The van der Waals surface area contributed by atoms with Crippen molar-refractivity contribution in [1.29, 1.82) is 0 Å². The lowest BCUT2D eigenvalue weighted by Crippen LogP contribution is -2.04. The topological polar surface area (TPSA) is 60.4 Å². The molecule has 0 bridgehead atoms. The average Bonchev–Trinajstić information content (AvgIpc) is 2.81. The first-order valence-corrected chi connectivity index (χ1v) is 6.12. The minimum Gasteiger partial charge on any atom is -0.386 e.